The summed E-state index contributed by atoms with van der Waals surface area (Å²) in [7, 11) is 0. The molecule has 15 heavy (non-hydrogen) atoms. The number of carbonyl (C=O) groups is 1. The predicted molar refractivity (Wildman–Crippen MR) is 57.9 cm³/mol. The van der Waals surface area contributed by atoms with Gasteiger partial charge in [-0.2, -0.15) is 0 Å². The molecule has 76 valence electrons. The first-order chi connectivity index (χ1) is 7.20. The number of thiazole rings is 1. The van der Waals surface area contributed by atoms with Gasteiger partial charge in [-0.3, -0.25) is 4.79 Å². The number of halogens is 2. The van der Waals surface area contributed by atoms with Gasteiger partial charge in [0, 0.05) is 10.9 Å². The van der Waals surface area contributed by atoms with Gasteiger partial charge in [0.25, 0.3) is 0 Å². The van der Waals surface area contributed by atoms with Crippen molar-refractivity contribution in [2.75, 3.05) is 0 Å². The maximum atomic E-state index is 12.9. The number of rotatable bonds is 2. The number of hydrogen-bond acceptors (Lipinski definition) is 3. The third-order valence-corrected chi connectivity index (χ3v) is 3.01. The summed E-state index contributed by atoms with van der Waals surface area (Å²) in [6.07, 6.45) is 0.672. The lowest BCUT2D eigenvalue weighted by Gasteiger charge is -1.97. The molecule has 1 aromatic heterocycles. The lowest BCUT2D eigenvalue weighted by Crippen LogP contribution is -1.82. The Hall–Kier alpha value is -1.26. The molecule has 0 N–H and O–H groups in total. The molecular formula is C10H5ClFNOS. The van der Waals surface area contributed by atoms with Crippen LogP contribution in [-0.4, -0.2) is 11.3 Å². The van der Waals surface area contributed by atoms with Crippen LogP contribution in [-0.2, 0) is 0 Å². The highest BCUT2D eigenvalue weighted by Gasteiger charge is 2.06. The van der Waals surface area contributed by atoms with E-state index in [-0.39, 0.29) is 5.02 Å². The van der Waals surface area contributed by atoms with Crippen molar-refractivity contribution >= 4 is 29.2 Å². The molecule has 0 saturated carbocycles. The average molecular weight is 242 g/mol. The third-order valence-electron chi connectivity index (χ3n) is 1.81. The summed E-state index contributed by atoms with van der Waals surface area (Å²) >= 11 is 6.96. The second-order valence-electron chi connectivity index (χ2n) is 2.82. The first-order valence-electron chi connectivity index (χ1n) is 4.07. The average Bonchev–Trinajstić information content (AvgIpc) is 2.70. The second-order valence-corrected chi connectivity index (χ2v) is 4.09. The standard InChI is InChI=1S/C10H5ClFNOS/c11-8-3-6(1-2-9(8)12)10-13-7(4-14)5-15-10/h1-5H. The van der Waals surface area contributed by atoms with Crippen molar-refractivity contribution in [2.24, 2.45) is 0 Å². The summed E-state index contributed by atoms with van der Waals surface area (Å²) in [5.74, 6) is -0.465. The van der Waals surface area contributed by atoms with Crippen molar-refractivity contribution in [3.8, 4) is 10.6 Å². The Morgan fingerprint density at radius 3 is 2.87 bits per heavy atom. The maximum Gasteiger partial charge on any atom is 0.169 e. The quantitative estimate of drug-likeness (QED) is 0.754. The number of aromatic nitrogens is 1. The van der Waals surface area contributed by atoms with Gasteiger partial charge in [-0.15, -0.1) is 11.3 Å². The Morgan fingerprint density at radius 1 is 1.47 bits per heavy atom. The largest absolute Gasteiger partial charge is 0.296 e. The van der Waals surface area contributed by atoms with E-state index in [0.717, 1.165) is 0 Å². The van der Waals surface area contributed by atoms with Gasteiger partial charge in [0.05, 0.1) is 5.02 Å². The summed E-state index contributed by atoms with van der Waals surface area (Å²) in [5, 5.41) is 2.34. The Kier molecular flexibility index (Phi) is 2.79. The van der Waals surface area contributed by atoms with Gasteiger partial charge < -0.3 is 0 Å². The molecule has 0 atom stereocenters. The molecular weight excluding hydrogens is 237 g/mol. The molecule has 0 saturated heterocycles. The first kappa shape index (κ1) is 10.3. The molecule has 0 fully saturated rings. The van der Waals surface area contributed by atoms with Crippen LogP contribution in [0.3, 0.4) is 0 Å². The van der Waals surface area contributed by atoms with Crippen molar-refractivity contribution < 1.29 is 9.18 Å². The number of aldehydes is 1. The van der Waals surface area contributed by atoms with Crippen molar-refractivity contribution in [2.45, 2.75) is 0 Å². The molecule has 0 spiro atoms. The van der Waals surface area contributed by atoms with Gasteiger partial charge in [-0.05, 0) is 18.2 Å². The van der Waals surface area contributed by atoms with Crippen molar-refractivity contribution in [1.82, 2.24) is 4.98 Å². The van der Waals surface area contributed by atoms with Gasteiger partial charge >= 0.3 is 0 Å². The van der Waals surface area contributed by atoms with E-state index in [0.29, 0.717) is 22.6 Å². The maximum absolute atomic E-state index is 12.9. The monoisotopic (exact) mass is 241 g/mol. The SMILES string of the molecule is O=Cc1csc(-c2ccc(F)c(Cl)c2)n1. The number of carbonyl (C=O) groups excluding carboxylic acids is 1. The normalized spacial score (nSPS) is 10.3. The Balaban J connectivity index is 2.44. The van der Waals surface area contributed by atoms with E-state index in [1.807, 2.05) is 0 Å². The van der Waals surface area contributed by atoms with Crippen molar-refractivity contribution in [1.29, 1.82) is 0 Å². The smallest absolute Gasteiger partial charge is 0.169 e. The number of benzene rings is 1. The van der Waals surface area contributed by atoms with Crippen LogP contribution in [0.2, 0.25) is 5.02 Å². The van der Waals surface area contributed by atoms with Gasteiger partial charge in [-0.1, -0.05) is 11.6 Å². The molecule has 0 aliphatic heterocycles. The van der Waals surface area contributed by atoms with Crippen molar-refractivity contribution in [3.05, 3.63) is 40.1 Å². The minimum atomic E-state index is -0.465. The Morgan fingerprint density at radius 2 is 2.27 bits per heavy atom. The summed E-state index contributed by atoms with van der Waals surface area (Å²) < 4.78 is 12.9. The minimum Gasteiger partial charge on any atom is -0.296 e. The van der Waals surface area contributed by atoms with E-state index in [1.54, 1.807) is 11.4 Å². The molecule has 1 heterocycles. The van der Waals surface area contributed by atoms with E-state index in [4.69, 9.17) is 11.6 Å². The zero-order chi connectivity index (χ0) is 10.8. The summed E-state index contributed by atoms with van der Waals surface area (Å²) in [6, 6.07) is 4.35. The fourth-order valence-electron chi connectivity index (χ4n) is 1.10. The zero-order valence-corrected chi connectivity index (χ0v) is 8.98. The Labute approximate surface area is 94.3 Å². The molecule has 0 radical (unpaired) electrons. The van der Waals surface area contributed by atoms with Gasteiger partial charge in [0.15, 0.2) is 6.29 Å². The molecule has 1 aromatic carbocycles. The van der Waals surface area contributed by atoms with Crippen LogP contribution in [0.15, 0.2) is 23.6 Å². The van der Waals surface area contributed by atoms with Gasteiger partial charge in [-0.25, -0.2) is 9.37 Å². The van der Waals surface area contributed by atoms with Crippen LogP contribution in [0.25, 0.3) is 10.6 Å². The van der Waals surface area contributed by atoms with Crippen LogP contribution in [0.5, 0.6) is 0 Å². The molecule has 0 bridgehead atoms. The van der Waals surface area contributed by atoms with Crippen LogP contribution in [0, 0.1) is 5.82 Å². The van der Waals surface area contributed by atoms with Gasteiger partial charge in [0.1, 0.15) is 16.5 Å². The fraction of sp³-hybridized carbons (Fsp3) is 0. The van der Waals surface area contributed by atoms with Crippen LogP contribution >= 0.6 is 22.9 Å². The predicted octanol–water partition coefficient (Wildman–Crippen LogP) is 3.42. The van der Waals surface area contributed by atoms with Gasteiger partial charge in [0.2, 0.25) is 0 Å². The molecule has 0 aliphatic carbocycles. The van der Waals surface area contributed by atoms with Crippen molar-refractivity contribution in [3.63, 3.8) is 0 Å². The zero-order valence-electron chi connectivity index (χ0n) is 7.41. The topological polar surface area (TPSA) is 30.0 Å². The van der Waals surface area contributed by atoms with E-state index in [9.17, 15) is 9.18 Å². The number of nitrogens with zero attached hydrogens (tertiary/aromatic N) is 1. The first-order valence-corrected chi connectivity index (χ1v) is 5.32. The lowest BCUT2D eigenvalue weighted by molar-refractivity contribution is 0.111. The molecule has 2 nitrogen and oxygen atoms in total. The fourth-order valence-corrected chi connectivity index (χ4v) is 2.04. The van der Waals surface area contributed by atoms with Crippen LogP contribution in [0.1, 0.15) is 10.5 Å². The van der Waals surface area contributed by atoms with Crippen LogP contribution in [0.4, 0.5) is 4.39 Å². The second kappa shape index (κ2) is 4.08. The molecule has 5 heteroatoms. The molecule has 0 amide bonds. The van der Waals surface area contributed by atoms with E-state index in [2.05, 4.69) is 4.98 Å². The van der Waals surface area contributed by atoms with Crippen LogP contribution < -0.4 is 0 Å². The molecule has 2 rings (SSSR count). The summed E-state index contributed by atoms with van der Waals surface area (Å²) in [5.41, 5.74) is 1.08. The highest BCUT2D eigenvalue weighted by molar-refractivity contribution is 7.13. The molecule has 0 unspecified atom stereocenters. The lowest BCUT2D eigenvalue weighted by atomic mass is 10.2. The summed E-state index contributed by atoms with van der Waals surface area (Å²) in [6.45, 7) is 0. The van der Waals surface area contributed by atoms with E-state index >= 15 is 0 Å². The third kappa shape index (κ3) is 2.06. The Bertz CT molecular complexity index is 512. The minimum absolute atomic E-state index is 0.0513. The number of hydrogen-bond donors (Lipinski definition) is 0. The highest BCUT2D eigenvalue weighted by Crippen LogP contribution is 2.27. The highest BCUT2D eigenvalue weighted by atomic mass is 35.5. The van der Waals surface area contributed by atoms with E-state index in [1.165, 1.54) is 23.5 Å². The molecule has 2 aromatic rings. The summed E-state index contributed by atoms with van der Waals surface area (Å²) in [4.78, 5) is 14.5. The molecule has 0 aliphatic rings. The van der Waals surface area contributed by atoms with E-state index < -0.39 is 5.82 Å².